The van der Waals surface area contributed by atoms with Crippen LogP contribution < -0.4 is 0 Å². The lowest BCUT2D eigenvalue weighted by Crippen LogP contribution is -2.02. The molecule has 0 aromatic carbocycles. The van der Waals surface area contributed by atoms with Crippen LogP contribution in [-0.4, -0.2) is 19.5 Å². The van der Waals surface area contributed by atoms with E-state index in [2.05, 4.69) is 9.97 Å². The molecule has 0 aliphatic rings. The Bertz CT molecular complexity index is 493. The van der Waals surface area contributed by atoms with Gasteiger partial charge in [-0.1, -0.05) is 0 Å². The average Bonchev–Trinajstić information content (AvgIpc) is 2.69. The molecular formula is C9H8N4O2. The predicted molar refractivity (Wildman–Crippen MR) is 52.8 cm³/mol. The van der Waals surface area contributed by atoms with E-state index in [1.165, 1.54) is 17.1 Å². The van der Waals surface area contributed by atoms with Gasteiger partial charge in [-0.15, -0.1) is 0 Å². The Morgan fingerprint density at radius 3 is 2.87 bits per heavy atom. The van der Waals surface area contributed by atoms with Gasteiger partial charge in [0.1, 0.15) is 6.33 Å². The zero-order valence-corrected chi connectivity index (χ0v) is 7.99. The molecular weight excluding hydrogens is 196 g/mol. The third kappa shape index (κ3) is 1.56. The van der Waals surface area contributed by atoms with E-state index in [0.29, 0.717) is 5.56 Å². The Kier molecular flexibility index (Phi) is 2.17. The number of aryl methyl sites for hydroxylation is 1. The Hall–Kier alpha value is -2.24. The fourth-order valence-electron chi connectivity index (χ4n) is 1.34. The van der Waals surface area contributed by atoms with Crippen LogP contribution in [0.2, 0.25) is 0 Å². The number of rotatable bonds is 2. The highest BCUT2D eigenvalue weighted by molar-refractivity contribution is 5.52. The summed E-state index contributed by atoms with van der Waals surface area (Å²) in [5.41, 5.74) is 0.592. The number of imidazole rings is 1. The second kappa shape index (κ2) is 3.49. The minimum atomic E-state index is -0.433. The van der Waals surface area contributed by atoms with Gasteiger partial charge in [-0.2, -0.15) is 0 Å². The Morgan fingerprint density at radius 2 is 2.27 bits per heavy atom. The molecule has 0 N–H and O–H groups in total. The van der Waals surface area contributed by atoms with Gasteiger partial charge in [0.25, 0.3) is 0 Å². The second-order valence-electron chi connectivity index (χ2n) is 3.03. The van der Waals surface area contributed by atoms with E-state index in [1.807, 2.05) is 0 Å². The van der Waals surface area contributed by atoms with Crippen molar-refractivity contribution in [3.8, 4) is 5.82 Å². The van der Waals surface area contributed by atoms with Crippen LogP contribution in [0.3, 0.4) is 0 Å². The molecule has 0 spiro atoms. The zero-order chi connectivity index (χ0) is 10.8. The molecule has 6 nitrogen and oxygen atoms in total. The maximum atomic E-state index is 10.9. The van der Waals surface area contributed by atoms with Gasteiger partial charge >= 0.3 is 5.69 Å². The van der Waals surface area contributed by atoms with Crippen LogP contribution in [0.4, 0.5) is 5.69 Å². The van der Waals surface area contributed by atoms with E-state index in [0.717, 1.165) is 0 Å². The smallest absolute Gasteiger partial charge is 0.285 e. The van der Waals surface area contributed by atoms with Crippen molar-refractivity contribution >= 4 is 5.69 Å². The monoisotopic (exact) mass is 204 g/mol. The van der Waals surface area contributed by atoms with Crippen molar-refractivity contribution in [2.45, 2.75) is 6.92 Å². The summed E-state index contributed by atoms with van der Waals surface area (Å²) in [6.07, 6.45) is 6.19. The molecule has 2 aromatic rings. The van der Waals surface area contributed by atoms with Crippen LogP contribution in [0.15, 0.2) is 31.0 Å². The van der Waals surface area contributed by atoms with E-state index in [1.54, 1.807) is 25.4 Å². The first kappa shape index (κ1) is 9.32. The summed E-state index contributed by atoms with van der Waals surface area (Å²) in [5, 5.41) is 10.9. The van der Waals surface area contributed by atoms with Crippen molar-refractivity contribution in [3.05, 3.63) is 46.7 Å². The summed E-state index contributed by atoms with van der Waals surface area (Å²) in [6.45, 7) is 1.68. The molecule has 0 radical (unpaired) electrons. The summed E-state index contributed by atoms with van der Waals surface area (Å²) >= 11 is 0. The highest BCUT2D eigenvalue weighted by Gasteiger charge is 2.19. The van der Waals surface area contributed by atoms with Crippen LogP contribution in [0.1, 0.15) is 5.56 Å². The second-order valence-corrected chi connectivity index (χ2v) is 3.03. The number of pyridine rings is 1. The van der Waals surface area contributed by atoms with E-state index in [9.17, 15) is 10.1 Å². The fourth-order valence-corrected chi connectivity index (χ4v) is 1.34. The van der Waals surface area contributed by atoms with Gasteiger partial charge < -0.3 is 0 Å². The van der Waals surface area contributed by atoms with Gasteiger partial charge in [-0.05, 0) is 13.0 Å². The molecule has 0 amide bonds. The van der Waals surface area contributed by atoms with E-state index >= 15 is 0 Å². The highest BCUT2D eigenvalue weighted by Crippen LogP contribution is 2.23. The quantitative estimate of drug-likeness (QED) is 0.548. The standard InChI is InChI=1S/C9H8N4O2/c1-7-2-3-11-9(8(7)13(14)15)12-5-4-10-6-12/h2-6H,1H3. The minimum absolute atomic E-state index is 0.00972. The van der Waals surface area contributed by atoms with Crippen molar-refractivity contribution in [2.75, 3.05) is 0 Å². The summed E-state index contributed by atoms with van der Waals surface area (Å²) in [6, 6.07) is 1.61. The van der Waals surface area contributed by atoms with Gasteiger partial charge in [0.15, 0.2) is 0 Å². The van der Waals surface area contributed by atoms with E-state index in [4.69, 9.17) is 0 Å². The third-order valence-corrected chi connectivity index (χ3v) is 2.04. The normalized spacial score (nSPS) is 10.2. The van der Waals surface area contributed by atoms with Gasteiger partial charge in [0.2, 0.25) is 5.82 Å². The summed E-state index contributed by atoms with van der Waals surface area (Å²) in [7, 11) is 0. The molecule has 15 heavy (non-hydrogen) atoms. The highest BCUT2D eigenvalue weighted by atomic mass is 16.6. The van der Waals surface area contributed by atoms with Gasteiger partial charge in [-0.25, -0.2) is 9.97 Å². The lowest BCUT2D eigenvalue weighted by molar-refractivity contribution is -0.385. The molecule has 0 saturated heterocycles. The number of nitrogens with zero attached hydrogens (tertiary/aromatic N) is 4. The minimum Gasteiger partial charge on any atom is -0.285 e. The number of hydrogen-bond donors (Lipinski definition) is 0. The van der Waals surface area contributed by atoms with Crippen molar-refractivity contribution < 1.29 is 4.92 Å². The maximum Gasteiger partial charge on any atom is 0.315 e. The zero-order valence-electron chi connectivity index (χ0n) is 7.99. The van der Waals surface area contributed by atoms with Crippen molar-refractivity contribution in [3.63, 3.8) is 0 Å². The van der Waals surface area contributed by atoms with Crippen LogP contribution in [0, 0.1) is 17.0 Å². The fraction of sp³-hybridized carbons (Fsp3) is 0.111. The Balaban J connectivity index is 2.66. The first-order valence-electron chi connectivity index (χ1n) is 4.28. The molecule has 0 saturated carbocycles. The summed E-state index contributed by atoms with van der Waals surface area (Å²) in [5.74, 6) is 0.289. The third-order valence-electron chi connectivity index (χ3n) is 2.04. The summed E-state index contributed by atoms with van der Waals surface area (Å²) in [4.78, 5) is 18.3. The topological polar surface area (TPSA) is 73.8 Å². The SMILES string of the molecule is Cc1ccnc(-n2ccnc2)c1[N+](=O)[O-]. The molecule has 0 unspecified atom stereocenters. The molecule has 0 bridgehead atoms. The Labute approximate surface area is 85.4 Å². The molecule has 2 rings (SSSR count). The molecule has 0 atom stereocenters. The molecule has 6 heteroatoms. The molecule has 0 fully saturated rings. The van der Waals surface area contributed by atoms with Gasteiger partial charge in [0.05, 0.1) is 4.92 Å². The summed E-state index contributed by atoms with van der Waals surface area (Å²) < 4.78 is 1.52. The van der Waals surface area contributed by atoms with Gasteiger partial charge in [-0.3, -0.25) is 14.7 Å². The first-order valence-corrected chi connectivity index (χ1v) is 4.28. The first-order chi connectivity index (χ1) is 7.20. The van der Waals surface area contributed by atoms with Crippen LogP contribution in [-0.2, 0) is 0 Å². The number of aromatic nitrogens is 3. The van der Waals surface area contributed by atoms with Crippen LogP contribution in [0.25, 0.3) is 5.82 Å². The van der Waals surface area contributed by atoms with Crippen LogP contribution >= 0.6 is 0 Å². The Morgan fingerprint density at radius 1 is 1.47 bits per heavy atom. The molecule has 2 aromatic heterocycles. The lowest BCUT2D eigenvalue weighted by atomic mass is 10.2. The average molecular weight is 204 g/mol. The van der Waals surface area contributed by atoms with Crippen molar-refractivity contribution in [1.29, 1.82) is 0 Å². The molecule has 0 aliphatic heterocycles. The van der Waals surface area contributed by atoms with Crippen molar-refractivity contribution in [1.82, 2.24) is 14.5 Å². The van der Waals surface area contributed by atoms with Crippen LogP contribution in [0.5, 0.6) is 0 Å². The lowest BCUT2D eigenvalue weighted by Gasteiger charge is -2.03. The predicted octanol–water partition coefficient (Wildman–Crippen LogP) is 1.48. The molecule has 2 heterocycles. The van der Waals surface area contributed by atoms with E-state index in [-0.39, 0.29) is 11.5 Å². The molecule has 76 valence electrons. The van der Waals surface area contributed by atoms with Gasteiger partial charge in [0, 0.05) is 24.2 Å². The largest absolute Gasteiger partial charge is 0.315 e. The van der Waals surface area contributed by atoms with Crippen molar-refractivity contribution in [2.24, 2.45) is 0 Å². The number of nitro groups is 1. The number of hydrogen-bond acceptors (Lipinski definition) is 4. The maximum absolute atomic E-state index is 10.9. The van der Waals surface area contributed by atoms with E-state index < -0.39 is 4.92 Å². The molecule has 0 aliphatic carbocycles.